The van der Waals surface area contributed by atoms with Crippen LogP contribution in [0.25, 0.3) is 0 Å². The van der Waals surface area contributed by atoms with Gasteiger partial charge in [0.15, 0.2) is 0 Å². The maximum atomic E-state index is 5.18. The van der Waals surface area contributed by atoms with E-state index in [1.165, 1.54) is 0 Å². The van der Waals surface area contributed by atoms with Crippen molar-refractivity contribution in [2.75, 3.05) is 0 Å². The topological polar surface area (TPSA) is 0 Å². The van der Waals surface area contributed by atoms with Gasteiger partial charge in [-0.1, -0.05) is 0 Å². The molecular weight excluding hydrogens is 200 g/mol. The van der Waals surface area contributed by atoms with Crippen LogP contribution in [0.15, 0.2) is 10.2 Å². The van der Waals surface area contributed by atoms with Crippen molar-refractivity contribution in [3.05, 3.63) is 10.2 Å². The molecule has 0 aliphatic carbocycles. The minimum absolute atomic E-state index is 0.108. The molecule has 1 atom stereocenters. The fraction of sp³-hybridized carbons (Fsp3) is 0.333. The van der Waals surface area contributed by atoms with Gasteiger partial charge in [0.1, 0.15) is 0 Å². The van der Waals surface area contributed by atoms with E-state index in [0.29, 0.717) is 3.97 Å². The van der Waals surface area contributed by atoms with Crippen LogP contribution in [0, 0.1) is 12.3 Å². The van der Waals surface area contributed by atoms with Gasteiger partial charge in [-0.05, 0) is 0 Å². The minimum atomic E-state index is 0.108. The Bertz CT molecular complexity index is 111. The van der Waals surface area contributed by atoms with Crippen LogP contribution >= 0.6 is 0 Å². The second-order valence-electron chi connectivity index (χ2n) is 1.40. The summed E-state index contributed by atoms with van der Waals surface area (Å²) in [5.41, 5.74) is 0. The van der Waals surface area contributed by atoms with Gasteiger partial charge in [-0.3, -0.25) is 0 Å². The molecule has 0 saturated heterocycles. The first-order valence-electron chi connectivity index (χ1n) is 2.20. The Morgan fingerprint density at radius 3 is 3.00 bits per heavy atom. The van der Waals surface area contributed by atoms with Crippen LogP contribution in [0.4, 0.5) is 0 Å². The molecule has 1 heteroatoms. The van der Waals surface area contributed by atoms with Gasteiger partial charge in [0.25, 0.3) is 0 Å². The van der Waals surface area contributed by atoms with Crippen LogP contribution in [-0.4, -0.2) is 20.9 Å². The van der Waals surface area contributed by atoms with Gasteiger partial charge >= 0.3 is 53.9 Å². The normalized spacial score (nSPS) is 27.6. The molecule has 0 N–H and O–H groups in total. The zero-order valence-electron chi connectivity index (χ0n) is 3.92. The van der Waals surface area contributed by atoms with Crippen molar-refractivity contribution in [2.24, 2.45) is 0 Å². The summed E-state index contributed by atoms with van der Waals surface area (Å²) in [5, 5.41) is 0. The van der Waals surface area contributed by atoms with E-state index < -0.39 is 0 Å². The summed E-state index contributed by atoms with van der Waals surface area (Å²) >= 11 is 0.108. The molecule has 1 heterocycles. The maximum absolute atomic E-state index is 5.18. The van der Waals surface area contributed by atoms with Crippen molar-refractivity contribution < 1.29 is 0 Å². The molecule has 0 amide bonds. The molecule has 0 aromatic heterocycles. The van der Waals surface area contributed by atoms with Crippen LogP contribution in [0.5, 0.6) is 0 Å². The molecule has 0 fully saturated rings. The van der Waals surface area contributed by atoms with Crippen LogP contribution in [0.1, 0.15) is 6.42 Å². The summed E-state index contributed by atoms with van der Waals surface area (Å²) in [6.07, 6.45) is 8.53. The van der Waals surface area contributed by atoms with Gasteiger partial charge in [0.2, 0.25) is 0 Å². The SMILES string of the molecule is C#CC1CC=C[Te]1. The Kier molecular flexibility index (Phi) is 1.80. The molecule has 0 radical (unpaired) electrons. The van der Waals surface area contributed by atoms with Gasteiger partial charge in [-0.2, -0.15) is 0 Å². The fourth-order valence-electron chi connectivity index (χ4n) is 0.492. The second-order valence-corrected chi connectivity index (χ2v) is 4.58. The third-order valence-corrected chi connectivity index (χ3v) is 3.75. The van der Waals surface area contributed by atoms with Crippen LogP contribution in [0.3, 0.4) is 0 Å². The van der Waals surface area contributed by atoms with Gasteiger partial charge in [0, 0.05) is 0 Å². The average Bonchev–Trinajstić information content (AvgIpc) is 2.14. The van der Waals surface area contributed by atoms with E-state index >= 15 is 0 Å². The molecule has 7 heavy (non-hydrogen) atoms. The number of terminal acetylenes is 1. The van der Waals surface area contributed by atoms with E-state index in [9.17, 15) is 0 Å². The standard InChI is InChI=1S/C6H6Te/c1-2-6-4-3-5-7-6/h1,3,5-6H,4H2. The van der Waals surface area contributed by atoms with Crippen molar-refractivity contribution in [3.8, 4) is 12.3 Å². The number of allylic oxidation sites excluding steroid dienone is 1. The van der Waals surface area contributed by atoms with E-state index in [1.807, 2.05) is 0 Å². The monoisotopic (exact) mass is 208 g/mol. The number of hydrogen-bond acceptors (Lipinski definition) is 0. The van der Waals surface area contributed by atoms with Crippen molar-refractivity contribution in [1.82, 2.24) is 0 Å². The van der Waals surface area contributed by atoms with Crippen molar-refractivity contribution >= 4 is 20.9 Å². The summed E-state index contributed by atoms with van der Waals surface area (Å²) in [7, 11) is 0. The summed E-state index contributed by atoms with van der Waals surface area (Å²) in [6, 6.07) is 0. The summed E-state index contributed by atoms with van der Waals surface area (Å²) in [5.74, 6) is 2.76. The predicted molar refractivity (Wildman–Crippen MR) is 32.1 cm³/mol. The zero-order chi connectivity index (χ0) is 5.11. The Morgan fingerprint density at radius 2 is 2.71 bits per heavy atom. The van der Waals surface area contributed by atoms with Gasteiger partial charge in [0.05, 0.1) is 0 Å². The first-order chi connectivity index (χ1) is 3.43. The quantitative estimate of drug-likeness (QED) is 0.410. The van der Waals surface area contributed by atoms with Gasteiger partial charge in [-0.15, -0.1) is 0 Å². The molecule has 1 aliphatic heterocycles. The first kappa shape index (κ1) is 5.23. The number of hydrogen-bond donors (Lipinski definition) is 0. The Hall–Kier alpha value is 0.0896. The molecule has 0 bridgehead atoms. The molecule has 36 valence electrons. The molecule has 0 nitrogen and oxygen atoms in total. The van der Waals surface area contributed by atoms with Crippen LogP contribution in [-0.2, 0) is 0 Å². The molecule has 0 saturated carbocycles. The van der Waals surface area contributed by atoms with Gasteiger partial charge in [-0.25, -0.2) is 0 Å². The molecular formula is C6H6Te. The Balaban J connectivity index is 2.39. The van der Waals surface area contributed by atoms with E-state index in [4.69, 9.17) is 6.42 Å². The summed E-state index contributed by atoms with van der Waals surface area (Å²) in [6.45, 7) is 0. The van der Waals surface area contributed by atoms with E-state index in [0.717, 1.165) is 6.42 Å². The molecule has 0 aromatic rings. The van der Waals surface area contributed by atoms with E-state index in [1.54, 1.807) is 0 Å². The third-order valence-electron chi connectivity index (χ3n) is 0.875. The average molecular weight is 206 g/mol. The van der Waals surface area contributed by atoms with Crippen LogP contribution < -0.4 is 0 Å². The Morgan fingerprint density at radius 1 is 1.86 bits per heavy atom. The second kappa shape index (κ2) is 2.41. The van der Waals surface area contributed by atoms with Crippen molar-refractivity contribution in [2.45, 2.75) is 10.4 Å². The first-order valence-corrected chi connectivity index (χ1v) is 4.89. The van der Waals surface area contributed by atoms with Crippen molar-refractivity contribution in [1.29, 1.82) is 0 Å². The van der Waals surface area contributed by atoms with Crippen LogP contribution in [0.2, 0.25) is 3.97 Å². The molecule has 1 aliphatic rings. The van der Waals surface area contributed by atoms with E-state index in [-0.39, 0.29) is 20.9 Å². The molecule has 0 spiro atoms. The van der Waals surface area contributed by atoms with Crippen molar-refractivity contribution in [3.63, 3.8) is 0 Å². The zero-order valence-corrected chi connectivity index (χ0v) is 6.26. The third kappa shape index (κ3) is 1.23. The molecule has 1 unspecified atom stereocenters. The van der Waals surface area contributed by atoms with Gasteiger partial charge < -0.3 is 0 Å². The predicted octanol–water partition coefficient (Wildman–Crippen LogP) is 1.03. The summed E-state index contributed by atoms with van der Waals surface area (Å²) < 4.78 is 2.92. The number of rotatable bonds is 0. The Labute approximate surface area is 54.1 Å². The molecule has 1 rings (SSSR count). The van der Waals surface area contributed by atoms with E-state index in [2.05, 4.69) is 16.1 Å². The summed E-state index contributed by atoms with van der Waals surface area (Å²) in [4.78, 5) is 0. The fourth-order valence-corrected chi connectivity index (χ4v) is 2.53. The molecule has 0 aromatic carbocycles.